The van der Waals surface area contributed by atoms with Crippen LogP contribution in [0.3, 0.4) is 0 Å². The highest BCUT2D eigenvalue weighted by atomic mass is 32.2. The Balaban J connectivity index is 3.12. The molecule has 0 aliphatic heterocycles. The van der Waals surface area contributed by atoms with Crippen molar-refractivity contribution < 1.29 is 18.3 Å². The zero-order valence-electron chi connectivity index (χ0n) is 12.6. The number of carboxylic acids is 1. The van der Waals surface area contributed by atoms with Crippen molar-refractivity contribution in [2.75, 3.05) is 24.4 Å². The zero-order valence-corrected chi connectivity index (χ0v) is 13.4. The number of aliphatic carboxylic acids is 1. The van der Waals surface area contributed by atoms with E-state index in [2.05, 4.69) is 0 Å². The minimum Gasteiger partial charge on any atom is -0.480 e. The van der Waals surface area contributed by atoms with Crippen LogP contribution in [0.25, 0.3) is 0 Å². The van der Waals surface area contributed by atoms with Gasteiger partial charge in [-0.05, 0) is 25.5 Å². The fourth-order valence-electron chi connectivity index (χ4n) is 1.80. The predicted octanol–water partition coefficient (Wildman–Crippen LogP) is 1.86. The molecule has 0 bridgehead atoms. The molecule has 21 heavy (non-hydrogen) atoms. The Labute approximate surface area is 126 Å². The summed E-state index contributed by atoms with van der Waals surface area (Å²) in [6.07, 6.45) is 1.59. The van der Waals surface area contributed by atoms with Crippen molar-refractivity contribution in [3.8, 4) is 0 Å². The highest BCUT2D eigenvalue weighted by molar-refractivity contribution is 7.90. The summed E-state index contributed by atoms with van der Waals surface area (Å²) in [6.45, 7) is 3.62. The molecule has 118 valence electrons. The van der Waals surface area contributed by atoms with Gasteiger partial charge in [0.2, 0.25) is 0 Å². The molecule has 0 aliphatic rings. The molecule has 0 heterocycles. The number of carboxylic acid groups (broad SMARTS) is 1. The molecule has 7 heteroatoms. The van der Waals surface area contributed by atoms with Crippen molar-refractivity contribution in [3.05, 3.63) is 29.8 Å². The van der Waals surface area contributed by atoms with E-state index in [9.17, 15) is 13.2 Å². The third kappa shape index (κ3) is 4.71. The largest absolute Gasteiger partial charge is 0.480 e. The topological polar surface area (TPSA) is 77.9 Å². The molecule has 0 amide bonds. The van der Waals surface area contributed by atoms with Crippen molar-refractivity contribution in [2.45, 2.75) is 26.7 Å². The van der Waals surface area contributed by atoms with E-state index in [1.54, 1.807) is 24.3 Å². The highest BCUT2D eigenvalue weighted by Crippen LogP contribution is 2.20. The van der Waals surface area contributed by atoms with Crippen LogP contribution in [-0.4, -0.2) is 43.9 Å². The summed E-state index contributed by atoms with van der Waals surface area (Å²) in [6, 6.07) is 6.74. The molecule has 1 aromatic carbocycles. The fraction of sp³-hybridized carbons (Fsp3) is 0.500. The molecule has 0 saturated carbocycles. The lowest BCUT2D eigenvalue weighted by Crippen LogP contribution is -2.44. The first-order chi connectivity index (χ1) is 9.78. The highest BCUT2D eigenvalue weighted by Gasteiger charge is 2.28. The first kappa shape index (κ1) is 17.5. The van der Waals surface area contributed by atoms with Gasteiger partial charge < -0.3 is 5.11 Å². The van der Waals surface area contributed by atoms with Gasteiger partial charge in [0.15, 0.2) is 0 Å². The number of nitrogens with zero attached hydrogens (tertiary/aromatic N) is 2. The molecule has 1 rings (SSSR count). The number of hydrogen-bond donors (Lipinski definition) is 1. The van der Waals surface area contributed by atoms with Gasteiger partial charge in [0.25, 0.3) is 0 Å². The maximum absolute atomic E-state index is 12.5. The lowest BCUT2D eigenvalue weighted by atomic mass is 10.2. The van der Waals surface area contributed by atoms with E-state index in [1.165, 1.54) is 11.4 Å². The molecule has 1 aromatic rings. The average molecular weight is 314 g/mol. The van der Waals surface area contributed by atoms with Gasteiger partial charge in [-0.25, -0.2) is 4.31 Å². The Bertz CT molecular complexity index is 569. The predicted molar refractivity (Wildman–Crippen MR) is 82.6 cm³/mol. The smallest absolute Gasteiger partial charge is 0.324 e. The van der Waals surface area contributed by atoms with Gasteiger partial charge in [0.05, 0.1) is 5.69 Å². The summed E-state index contributed by atoms with van der Waals surface area (Å²) in [7, 11) is -2.38. The van der Waals surface area contributed by atoms with Gasteiger partial charge in [-0.3, -0.25) is 4.79 Å². The van der Waals surface area contributed by atoms with Crippen LogP contribution in [0.5, 0.6) is 0 Å². The summed E-state index contributed by atoms with van der Waals surface area (Å²) in [5, 5.41) is 9.00. The second-order valence-corrected chi connectivity index (χ2v) is 6.88. The maximum atomic E-state index is 12.5. The molecule has 0 atom stereocenters. The molecule has 6 nitrogen and oxygen atoms in total. The summed E-state index contributed by atoms with van der Waals surface area (Å²) in [4.78, 5) is 11.0. The van der Waals surface area contributed by atoms with Crippen molar-refractivity contribution in [3.63, 3.8) is 0 Å². The van der Waals surface area contributed by atoms with Crippen molar-refractivity contribution in [1.29, 1.82) is 0 Å². The van der Waals surface area contributed by atoms with Crippen molar-refractivity contribution in [2.24, 2.45) is 0 Å². The molecular formula is C14H22N2O4S. The van der Waals surface area contributed by atoms with Gasteiger partial charge in [-0.2, -0.15) is 12.7 Å². The first-order valence-electron chi connectivity index (χ1n) is 6.81. The van der Waals surface area contributed by atoms with E-state index >= 15 is 0 Å². The Hall–Kier alpha value is -1.60. The van der Waals surface area contributed by atoms with E-state index in [1.807, 2.05) is 13.8 Å². The molecule has 0 radical (unpaired) electrons. The maximum Gasteiger partial charge on any atom is 0.324 e. The fourth-order valence-corrected chi connectivity index (χ4v) is 3.16. The van der Waals surface area contributed by atoms with Gasteiger partial charge in [-0.15, -0.1) is 0 Å². The standard InChI is InChI=1S/C14H22N2O4S/c1-4-5-10-15(3)21(19,20)16(11-14(17)18)13-8-6-12(2)7-9-13/h6-9H,4-5,10-11H2,1-3H3,(H,17,18). The minimum atomic E-state index is -3.85. The second-order valence-electron chi connectivity index (χ2n) is 4.92. The molecule has 0 saturated heterocycles. The molecule has 0 fully saturated rings. The number of rotatable bonds is 8. The van der Waals surface area contributed by atoms with Gasteiger partial charge >= 0.3 is 16.2 Å². The average Bonchev–Trinajstić information content (AvgIpc) is 2.42. The van der Waals surface area contributed by atoms with Crippen molar-refractivity contribution in [1.82, 2.24) is 4.31 Å². The van der Waals surface area contributed by atoms with E-state index in [0.29, 0.717) is 12.2 Å². The number of hydrogen-bond acceptors (Lipinski definition) is 3. The zero-order chi connectivity index (χ0) is 16.0. The SMILES string of the molecule is CCCCN(C)S(=O)(=O)N(CC(=O)O)c1ccc(C)cc1. The van der Waals surface area contributed by atoms with Crippen LogP contribution in [0.1, 0.15) is 25.3 Å². The quantitative estimate of drug-likeness (QED) is 0.794. The second kappa shape index (κ2) is 7.42. The van der Waals surface area contributed by atoms with Crippen LogP contribution in [0.2, 0.25) is 0 Å². The Morgan fingerprint density at radius 2 is 1.81 bits per heavy atom. The van der Waals surface area contributed by atoms with Crippen LogP contribution in [0, 0.1) is 6.92 Å². The third-order valence-electron chi connectivity index (χ3n) is 3.10. The van der Waals surface area contributed by atoms with Crippen LogP contribution < -0.4 is 4.31 Å². The Kier molecular flexibility index (Phi) is 6.17. The van der Waals surface area contributed by atoms with E-state index in [-0.39, 0.29) is 0 Å². The number of benzene rings is 1. The number of aryl methyl sites for hydroxylation is 1. The lowest BCUT2D eigenvalue weighted by molar-refractivity contribution is -0.135. The van der Waals surface area contributed by atoms with Crippen LogP contribution in [0.15, 0.2) is 24.3 Å². The van der Waals surface area contributed by atoms with Gasteiger partial charge in [0, 0.05) is 13.6 Å². The minimum absolute atomic E-state index is 0.353. The van der Waals surface area contributed by atoms with E-state index < -0.39 is 22.7 Å². The Morgan fingerprint density at radius 3 is 2.29 bits per heavy atom. The third-order valence-corrected chi connectivity index (χ3v) is 4.97. The van der Waals surface area contributed by atoms with Crippen LogP contribution >= 0.6 is 0 Å². The summed E-state index contributed by atoms with van der Waals surface area (Å²) >= 11 is 0. The van der Waals surface area contributed by atoms with Crippen LogP contribution in [-0.2, 0) is 15.0 Å². The van der Waals surface area contributed by atoms with E-state index in [4.69, 9.17) is 5.11 Å². The first-order valence-corrected chi connectivity index (χ1v) is 8.21. The summed E-state index contributed by atoms with van der Waals surface area (Å²) in [5.41, 5.74) is 1.33. The summed E-state index contributed by atoms with van der Waals surface area (Å²) < 4.78 is 27.2. The van der Waals surface area contributed by atoms with Crippen molar-refractivity contribution >= 4 is 21.9 Å². The Morgan fingerprint density at radius 1 is 1.24 bits per heavy atom. The molecule has 0 unspecified atom stereocenters. The number of unbranched alkanes of at least 4 members (excludes halogenated alkanes) is 1. The monoisotopic (exact) mass is 314 g/mol. The van der Waals surface area contributed by atoms with Gasteiger partial charge in [0.1, 0.15) is 6.54 Å². The molecule has 1 N–H and O–H groups in total. The molecular weight excluding hydrogens is 292 g/mol. The van der Waals surface area contributed by atoms with E-state index in [0.717, 1.165) is 22.7 Å². The lowest BCUT2D eigenvalue weighted by Gasteiger charge is -2.28. The molecule has 0 spiro atoms. The van der Waals surface area contributed by atoms with Crippen LogP contribution in [0.4, 0.5) is 5.69 Å². The normalized spacial score (nSPS) is 11.6. The number of anilines is 1. The number of carbonyl (C=O) groups is 1. The summed E-state index contributed by atoms with van der Waals surface area (Å²) in [5.74, 6) is -1.19. The molecule has 0 aromatic heterocycles. The van der Waals surface area contributed by atoms with Gasteiger partial charge in [-0.1, -0.05) is 31.0 Å². The molecule has 0 aliphatic carbocycles.